The monoisotopic (exact) mass is 979 g/mol. The van der Waals surface area contributed by atoms with Crippen LogP contribution in [0.5, 0.6) is 5.75 Å². The predicted octanol–water partition coefficient (Wildman–Crippen LogP) is 7.55. The van der Waals surface area contributed by atoms with Crippen LogP contribution in [0.15, 0.2) is 152 Å². The number of cyclic esters (lactones) is 1. The summed E-state index contributed by atoms with van der Waals surface area (Å²) in [5.41, 5.74) is 2.71. The standard InChI is InChI=1S/C55H45N7O9S/c1-68-30-31-70-54(67)61-42-26-25-34(14-13-27-60-43-23-10-8-21-40(43)58-59-60)32-39(42)55(52(61)66)45(50(64)57-53-56-41-22-9-11-24-44(41)72-53)47-51(65)71-48(36-17-6-3-7-18-36)46(35-15-4-2-5-16-35)62(47)49(55)37-19-12-20-38(33-37)69-29-28-63/h2-12,15-26,32-33,45-49,63H,27-31H2,1H3,(H,56,57,64). The second-order valence-corrected chi connectivity index (χ2v) is 18.4. The number of morpholine rings is 1. The number of nitrogens with one attached hydrogen (secondary N) is 1. The first-order valence-electron chi connectivity index (χ1n) is 23.3. The summed E-state index contributed by atoms with van der Waals surface area (Å²) in [5, 5.41) is 21.7. The SMILES string of the molecule is COCCOC(=O)N1C(=O)C2(c3cc(C#CCn4nnc5ccccc54)ccc31)C(C(=O)Nc1nc3ccccc3s1)C1C(=O)OC(c3ccccc3)C(c3ccccc3)N1C2c1cccc(OCCO)c1. The molecule has 360 valence electrons. The molecule has 6 aromatic carbocycles. The molecule has 6 unspecified atom stereocenters. The molecule has 2 fully saturated rings. The van der Waals surface area contributed by atoms with Gasteiger partial charge in [0, 0.05) is 12.7 Å². The summed E-state index contributed by atoms with van der Waals surface area (Å²) in [6.07, 6.45) is -1.96. The van der Waals surface area contributed by atoms with Gasteiger partial charge in [0.15, 0.2) is 5.13 Å². The highest BCUT2D eigenvalue weighted by atomic mass is 32.1. The molecule has 8 aromatic rings. The number of methoxy groups -OCH3 is 1. The minimum atomic E-state index is -2.12. The average Bonchev–Trinajstić information content (AvgIpc) is 4.16. The summed E-state index contributed by atoms with van der Waals surface area (Å²) in [5.74, 6) is 2.89. The average molecular weight is 980 g/mol. The zero-order chi connectivity index (χ0) is 49.3. The lowest BCUT2D eigenvalue weighted by molar-refractivity contribution is -0.177. The number of hydrogen-bond acceptors (Lipinski definition) is 14. The number of aromatic nitrogens is 4. The van der Waals surface area contributed by atoms with Gasteiger partial charge in [-0.2, -0.15) is 0 Å². The Bertz CT molecular complexity index is 3400. The molecular weight excluding hydrogens is 935 g/mol. The second-order valence-electron chi connectivity index (χ2n) is 17.4. The second kappa shape index (κ2) is 19.5. The maximum Gasteiger partial charge on any atom is 0.421 e. The number of thiazole rings is 1. The van der Waals surface area contributed by atoms with Crippen molar-refractivity contribution in [2.45, 2.75) is 36.2 Å². The van der Waals surface area contributed by atoms with Crippen molar-refractivity contribution >= 4 is 67.3 Å². The molecule has 0 saturated carbocycles. The lowest BCUT2D eigenvalue weighted by Gasteiger charge is -2.46. The summed E-state index contributed by atoms with van der Waals surface area (Å²) >= 11 is 1.24. The molecule has 11 rings (SSSR count). The number of nitrogens with zero attached hydrogens (tertiary/aromatic N) is 6. The van der Waals surface area contributed by atoms with Crippen molar-refractivity contribution in [3.8, 4) is 17.6 Å². The fourth-order valence-corrected chi connectivity index (χ4v) is 11.4. The van der Waals surface area contributed by atoms with Crippen LogP contribution in [-0.4, -0.2) is 93.4 Å². The first kappa shape index (κ1) is 46.1. The van der Waals surface area contributed by atoms with Gasteiger partial charge in [0.25, 0.3) is 0 Å². The first-order valence-corrected chi connectivity index (χ1v) is 24.1. The molecule has 72 heavy (non-hydrogen) atoms. The molecule has 3 aliphatic rings. The fraction of sp³-hybridized carbons (Fsp3) is 0.218. The van der Waals surface area contributed by atoms with Gasteiger partial charge in [-0.3, -0.25) is 19.3 Å². The van der Waals surface area contributed by atoms with Crippen molar-refractivity contribution in [3.63, 3.8) is 0 Å². The van der Waals surface area contributed by atoms with Crippen LogP contribution >= 0.6 is 11.3 Å². The maximum atomic E-state index is 16.6. The predicted molar refractivity (Wildman–Crippen MR) is 267 cm³/mol. The molecule has 0 bridgehead atoms. The van der Waals surface area contributed by atoms with Gasteiger partial charge in [0.05, 0.1) is 52.6 Å². The van der Waals surface area contributed by atoms with Crippen LogP contribution in [0.25, 0.3) is 21.3 Å². The van der Waals surface area contributed by atoms with E-state index in [2.05, 4.69) is 27.5 Å². The van der Waals surface area contributed by atoms with E-state index in [1.54, 1.807) is 47.1 Å². The number of esters is 1. The summed E-state index contributed by atoms with van der Waals surface area (Å²) in [6.45, 7) is -0.295. The molecule has 17 heteroatoms. The van der Waals surface area contributed by atoms with Gasteiger partial charge in [0.2, 0.25) is 11.8 Å². The van der Waals surface area contributed by atoms with E-state index in [-0.39, 0.29) is 49.4 Å². The van der Waals surface area contributed by atoms with Gasteiger partial charge in [-0.05, 0) is 76.9 Å². The highest BCUT2D eigenvalue weighted by molar-refractivity contribution is 7.22. The molecule has 3 aliphatic heterocycles. The van der Waals surface area contributed by atoms with Crippen LogP contribution in [0, 0.1) is 17.8 Å². The third kappa shape index (κ3) is 8.00. The Hall–Kier alpha value is -8.27. The summed E-state index contributed by atoms with van der Waals surface area (Å²) in [4.78, 5) is 70.3. The summed E-state index contributed by atoms with van der Waals surface area (Å²) in [6, 6.07) is 42.3. The normalized spacial score (nSPS) is 21.2. The van der Waals surface area contributed by atoms with Crippen molar-refractivity contribution in [2.75, 3.05) is 43.8 Å². The smallest absolute Gasteiger partial charge is 0.421 e. The Morgan fingerprint density at radius 1 is 0.806 bits per heavy atom. The highest BCUT2D eigenvalue weighted by Crippen LogP contribution is 2.66. The number of para-hydroxylation sites is 2. The maximum absolute atomic E-state index is 16.6. The topological polar surface area (TPSA) is 188 Å². The Balaban J connectivity index is 1.18. The number of imide groups is 1. The number of rotatable bonds is 12. The van der Waals surface area contributed by atoms with E-state index in [0.717, 1.165) is 20.7 Å². The number of hydrogen-bond donors (Lipinski definition) is 2. The summed E-state index contributed by atoms with van der Waals surface area (Å²) in [7, 11) is 1.46. The van der Waals surface area contributed by atoms with Crippen molar-refractivity contribution in [1.82, 2.24) is 24.9 Å². The van der Waals surface area contributed by atoms with Gasteiger partial charge >= 0.3 is 12.1 Å². The molecular formula is C55H45N7O9S. The molecule has 16 nitrogen and oxygen atoms in total. The Morgan fingerprint density at radius 3 is 2.32 bits per heavy atom. The Labute approximate surface area is 416 Å². The van der Waals surface area contributed by atoms with E-state index >= 15 is 14.4 Å². The van der Waals surface area contributed by atoms with Gasteiger partial charge in [-0.25, -0.2) is 19.4 Å². The quantitative estimate of drug-likeness (QED) is 0.0695. The molecule has 1 spiro atoms. The third-order valence-corrected chi connectivity index (χ3v) is 14.3. The van der Waals surface area contributed by atoms with Crippen molar-refractivity contribution in [3.05, 3.63) is 179 Å². The number of benzene rings is 6. The van der Waals surface area contributed by atoms with E-state index in [9.17, 15) is 9.90 Å². The molecule has 5 heterocycles. The van der Waals surface area contributed by atoms with Crippen LogP contribution in [0.3, 0.4) is 0 Å². The Morgan fingerprint density at radius 2 is 1.54 bits per heavy atom. The molecule has 0 aliphatic carbocycles. The van der Waals surface area contributed by atoms with Crippen molar-refractivity contribution < 1.29 is 43.2 Å². The highest BCUT2D eigenvalue weighted by Gasteiger charge is 2.76. The van der Waals surface area contributed by atoms with Crippen LogP contribution in [0.1, 0.15) is 46.0 Å². The molecule has 0 radical (unpaired) electrons. The fourth-order valence-electron chi connectivity index (χ4n) is 10.5. The van der Waals surface area contributed by atoms with Gasteiger partial charge in [0.1, 0.15) is 48.6 Å². The van der Waals surface area contributed by atoms with Gasteiger partial charge in [-0.1, -0.05) is 125 Å². The van der Waals surface area contributed by atoms with Crippen LogP contribution in [0.2, 0.25) is 0 Å². The van der Waals surface area contributed by atoms with Gasteiger partial charge in [-0.15, -0.1) is 5.10 Å². The van der Waals surface area contributed by atoms with E-state index in [1.807, 2.05) is 114 Å². The number of ether oxygens (including phenoxy) is 4. The third-order valence-electron chi connectivity index (χ3n) is 13.4. The zero-order valence-corrected chi connectivity index (χ0v) is 39.5. The van der Waals surface area contributed by atoms with E-state index < -0.39 is 59.4 Å². The largest absolute Gasteiger partial charge is 0.491 e. The number of carbonyl (C=O) groups is 4. The number of aliphatic hydroxyl groups excluding tert-OH is 1. The molecule has 6 atom stereocenters. The van der Waals surface area contributed by atoms with E-state index in [4.69, 9.17) is 23.9 Å². The van der Waals surface area contributed by atoms with Crippen LogP contribution in [-0.2, 0) is 40.6 Å². The number of anilines is 2. The van der Waals surface area contributed by atoms with E-state index in [1.165, 1.54) is 18.4 Å². The summed E-state index contributed by atoms with van der Waals surface area (Å²) < 4.78 is 26.1. The molecule has 2 saturated heterocycles. The number of carbonyl (C=O) groups excluding carboxylic acids is 4. The molecule has 2 aromatic heterocycles. The number of fused-ring (bicyclic) bond motifs is 5. The van der Waals surface area contributed by atoms with Gasteiger partial charge < -0.3 is 29.4 Å². The minimum absolute atomic E-state index is 0.0386. The molecule has 2 N–H and O–H groups in total. The van der Waals surface area contributed by atoms with Crippen molar-refractivity contribution in [1.29, 1.82) is 0 Å². The lowest BCUT2D eigenvalue weighted by Crippen LogP contribution is -2.54. The van der Waals surface area contributed by atoms with Crippen LogP contribution < -0.4 is 15.0 Å². The molecule has 3 amide bonds. The number of amides is 3. The van der Waals surface area contributed by atoms with E-state index in [0.29, 0.717) is 33.5 Å². The van der Waals surface area contributed by atoms with Crippen LogP contribution in [0.4, 0.5) is 15.6 Å². The Kier molecular flexibility index (Phi) is 12.5. The zero-order valence-electron chi connectivity index (χ0n) is 38.7. The number of aliphatic hydroxyl groups is 1. The first-order chi connectivity index (χ1) is 35.3. The lowest BCUT2D eigenvalue weighted by atomic mass is 9.65. The minimum Gasteiger partial charge on any atom is -0.491 e. The van der Waals surface area contributed by atoms with Crippen molar-refractivity contribution in [2.24, 2.45) is 5.92 Å².